The largest absolute Gasteiger partial charge is 0.356 e. The monoisotopic (exact) mass is 430 g/mol. The van der Waals surface area contributed by atoms with Gasteiger partial charge >= 0.3 is 0 Å². The first-order valence-corrected chi connectivity index (χ1v) is 13.1. The lowest BCUT2D eigenvalue weighted by atomic mass is 10.0. The minimum Gasteiger partial charge on any atom is -0.356 e. The van der Waals surface area contributed by atoms with Crippen LogP contribution < -0.4 is 0 Å². The SMILES string of the molecule is CCCCCCCCCCCCCCCC[N+](C)(CCCC)CCCC.O=[N+]([O-])[O-]. The van der Waals surface area contributed by atoms with Gasteiger partial charge in [0.25, 0.3) is 0 Å². The van der Waals surface area contributed by atoms with Crippen molar-refractivity contribution in [3.05, 3.63) is 15.3 Å². The smallest absolute Gasteiger partial charge is 0.0784 e. The molecule has 0 atom stereocenters. The third-order valence-corrected chi connectivity index (χ3v) is 6.15. The fraction of sp³-hybridized carbons (Fsp3) is 1.00. The van der Waals surface area contributed by atoms with E-state index in [0.29, 0.717) is 0 Å². The first-order chi connectivity index (χ1) is 14.4. The van der Waals surface area contributed by atoms with E-state index in [1.807, 2.05) is 0 Å². The molecule has 0 aromatic rings. The van der Waals surface area contributed by atoms with Gasteiger partial charge < -0.3 is 19.8 Å². The molecule has 0 saturated carbocycles. The molecule has 0 spiro atoms. The van der Waals surface area contributed by atoms with Crippen LogP contribution in [-0.4, -0.2) is 36.3 Å². The quantitative estimate of drug-likeness (QED) is 0.0796. The number of hydrogen-bond donors (Lipinski definition) is 0. The molecule has 0 N–H and O–H groups in total. The second kappa shape index (κ2) is 24.4. The molecule has 30 heavy (non-hydrogen) atoms. The van der Waals surface area contributed by atoms with Gasteiger partial charge in [0, 0.05) is 0 Å². The highest BCUT2D eigenvalue weighted by Gasteiger charge is 2.19. The van der Waals surface area contributed by atoms with Crippen molar-refractivity contribution >= 4 is 0 Å². The summed E-state index contributed by atoms with van der Waals surface area (Å²) in [5.41, 5.74) is 0. The third-order valence-electron chi connectivity index (χ3n) is 6.15. The average Bonchev–Trinajstić information content (AvgIpc) is 2.71. The molecular weight excluding hydrogens is 376 g/mol. The molecule has 182 valence electrons. The number of nitrogens with zero attached hydrogens (tertiary/aromatic N) is 2. The van der Waals surface area contributed by atoms with Gasteiger partial charge in [-0.1, -0.05) is 111 Å². The van der Waals surface area contributed by atoms with Crippen LogP contribution in [0.15, 0.2) is 0 Å². The van der Waals surface area contributed by atoms with Crippen LogP contribution in [0.25, 0.3) is 0 Å². The Kier molecular flexibility index (Phi) is 25.5. The van der Waals surface area contributed by atoms with E-state index in [0.717, 1.165) is 0 Å². The predicted molar refractivity (Wildman–Crippen MR) is 131 cm³/mol. The fourth-order valence-electron chi connectivity index (χ4n) is 4.10. The Labute approximate surface area is 188 Å². The lowest BCUT2D eigenvalue weighted by Crippen LogP contribution is -2.46. The number of unbranched alkanes of at least 4 members (excludes halogenated alkanes) is 15. The van der Waals surface area contributed by atoms with Gasteiger partial charge in [0.2, 0.25) is 0 Å². The molecular formula is C25H54N2O3. The van der Waals surface area contributed by atoms with E-state index in [9.17, 15) is 0 Å². The van der Waals surface area contributed by atoms with Crippen molar-refractivity contribution in [3.8, 4) is 0 Å². The minimum absolute atomic E-state index is 1.33. The Morgan fingerprint density at radius 1 is 0.500 bits per heavy atom. The summed E-state index contributed by atoms with van der Waals surface area (Å²) < 4.78 is 1.33. The van der Waals surface area contributed by atoms with Crippen molar-refractivity contribution in [2.75, 3.05) is 26.7 Å². The molecule has 0 heterocycles. The summed E-state index contributed by atoms with van der Waals surface area (Å²) in [6, 6.07) is 0. The molecule has 0 aliphatic rings. The van der Waals surface area contributed by atoms with E-state index in [4.69, 9.17) is 15.3 Å². The first kappa shape index (κ1) is 31.3. The van der Waals surface area contributed by atoms with Crippen LogP contribution >= 0.6 is 0 Å². The number of rotatable bonds is 21. The Morgan fingerprint density at radius 3 is 1.03 bits per heavy atom. The molecule has 0 aliphatic carbocycles. The van der Waals surface area contributed by atoms with Gasteiger partial charge in [-0.3, -0.25) is 0 Å². The second-order valence-corrected chi connectivity index (χ2v) is 9.32. The van der Waals surface area contributed by atoms with Crippen molar-refractivity contribution in [3.63, 3.8) is 0 Å². The zero-order chi connectivity index (χ0) is 22.9. The fourth-order valence-corrected chi connectivity index (χ4v) is 4.10. The van der Waals surface area contributed by atoms with Crippen LogP contribution in [0, 0.1) is 15.3 Å². The topological polar surface area (TPSA) is 66.2 Å². The summed E-state index contributed by atoms with van der Waals surface area (Å²) >= 11 is 0. The van der Waals surface area contributed by atoms with Crippen molar-refractivity contribution < 1.29 is 9.57 Å². The van der Waals surface area contributed by atoms with Gasteiger partial charge in [0.05, 0.1) is 31.8 Å². The molecule has 5 heteroatoms. The average molecular weight is 431 g/mol. The van der Waals surface area contributed by atoms with Gasteiger partial charge in [-0.25, -0.2) is 0 Å². The minimum atomic E-state index is -1.75. The second-order valence-electron chi connectivity index (χ2n) is 9.32. The maximum absolute atomic E-state index is 8.25. The Bertz CT molecular complexity index is 339. The highest BCUT2D eigenvalue weighted by molar-refractivity contribution is 4.50. The summed E-state index contributed by atoms with van der Waals surface area (Å²) in [5.74, 6) is 0. The van der Waals surface area contributed by atoms with Gasteiger partial charge in [0.15, 0.2) is 0 Å². The van der Waals surface area contributed by atoms with Gasteiger partial charge in [0.1, 0.15) is 0 Å². The summed E-state index contributed by atoms with van der Waals surface area (Å²) in [7, 11) is 2.51. The zero-order valence-electron chi connectivity index (χ0n) is 21.0. The standard InChI is InChI=1S/C25H54N.NO3/c1-5-8-11-12-13-14-15-16-17-18-19-20-21-22-25-26(4,23-9-6-2)24-10-7-3;2-1(3)4/h5-25H2,1-4H3;/q+1;-1. The van der Waals surface area contributed by atoms with Crippen molar-refractivity contribution in [1.29, 1.82) is 0 Å². The van der Waals surface area contributed by atoms with Crippen LogP contribution in [0.3, 0.4) is 0 Å². The van der Waals surface area contributed by atoms with E-state index < -0.39 is 5.09 Å². The summed E-state index contributed by atoms with van der Waals surface area (Å²) in [6.45, 7) is 11.2. The van der Waals surface area contributed by atoms with Crippen molar-refractivity contribution in [2.24, 2.45) is 0 Å². The Morgan fingerprint density at radius 2 is 0.733 bits per heavy atom. The van der Waals surface area contributed by atoms with Crippen LogP contribution in [0.4, 0.5) is 0 Å². The van der Waals surface area contributed by atoms with E-state index in [1.54, 1.807) is 0 Å². The van der Waals surface area contributed by atoms with E-state index >= 15 is 0 Å². The lowest BCUT2D eigenvalue weighted by molar-refractivity contribution is -0.910. The van der Waals surface area contributed by atoms with Crippen molar-refractivity contribution in [2.45, 2.75) is 136 Å². The highest BCUT2D eigenvalue weighted by atomic mass is 16.9. The van der Waals surface area contributed by atoms with E-state index in [1.165, 1.54) is 140 Å². The molecule has 0 amide bonds. The molecule has 0 bridgehead atoms. The van der Waals surface area contributed by atoms with Gasteiger partial charge in [-0.05, 0) is 25.7 Å². The molecule has 5 nitrogen and oxygen atoms in total. The molecule has 0 unspecified atom stereocenters. The third kappa shape index (κ3) is 27.2. The predicted octanol–water partition coefficient (Wildman–Crippen LogP) is 8.28. The van der Waals surface area contributed by atoms with Crippen LogP contribution in [0.5, 0.6) is 0 Å². The van der Waals surface area contributed by atoms with Gasteiger partial charge in [-0.2, -0.15) is 0 Å². The number of quaternary nitrogens is 1. The molecule has 0 fully saturated rings. The van der Waals surface area contributed by atoms with Crippen LogP contribution in [0.1, 0.15) is 136 Å². The lowest BCUT2D eigenvalue weighted by Gasteiger charge is -2.35. The highest BCUT2D eigenvalue weighted by Crippen LogP contribution is 2.15. The van der Waals surface area contributed by atoms with Crippen LogP contribution in [-0.2, 0) is 0 Å². The molecule has 0 aromatic carbocycles. The van der Waals surface area contributed by atoms with E-state index in [-0.39, 0.29) is 0 Å². The summed E-state index contributed by atoms with van der Waals surface area (Å²) in [4.78, 5) is 8.25. The normalized spacial score (nSPS) is 11.2. The summed E-state index contributed by atoms with van der Waals surface area (Å²) in [6.07, 6.45) is 26.0. The number of hydrogen-bond acceptors (Lipinski definition) is 3. The summed E-state index contributed by atoms with van der Waals surface area (Å²) in [5, 5.41) is 14.8. The molecule has 0 radical (unpaired) electrons. The molecule has 0 saturated heterocycles. The van der Waals surface area contributed by atoms with Gasteiger partial charge in [-0.15, -0.1) is 0 Å². The first-order valence-electron chi connectivity index (χ1n) is 13.1. The molecule has 0 aromatic heterocycles. The maximum atomic E-state index is 8.25. The maximum Gasteiger partial charge on any atom is 0.0784 e. The Balaban J connectivity index is 0. The molecule has 0 rings (SSSR count). The Hall–Kier alpha value is -0.840. The molecule has 0 aliphatic heterocycles. The zero-order valence-corrected chi connectivity index (χ0v) is 21.0. The van der Waals surface area contributed by atoms with E-state index in [2.05, 4.69) is 27.8 Å². The van der Waals surface area contributed by atoms with Crippen molar-refractivity contribution in [1.82, 2.24) is 0 Å². The van der Waals surface area contributed by atoms with Crippen LogP contribution in [0.2, 0.25) is 0 Å².